The third-order valence-electron chi connectivity index (χ3n) is 15.9. The van der Waals surface area contributed by atoms with E-state index >= 15 is 0 Å². The Morgan fingerprint density at radius 2 is 0.791 bits per heavy atom. The molecule has 0 aliphatic rings. The summed E-state index contributed by atoms with van der Waals surface area (Å²) in [6, 6.07) is -17.0. The Kier molecular flexibility index (Phi) is 43.6. The molecule has 1 rings (SSSR count). The van der Waals surface area contributed by atoms with Crippen molar-refractivity contribution in [2.24, 2.45) is 29.0 Å². The van der Waals surface area contributed by atoms with Crippen LogP contribution in [0.2, 0.25) is 0 Å². The van der Waals surface area contributed by atoms with Gasteiger partial charge in [0.15, 0.2) is 0 Å². The van der Waals surface area contributed by atoms with E-state index in [1.807, 2.05) is 10.6 Å². The van der Waals surface area contributed by atoms with E-state index in [1.165, 1.54) is 45.0 Å². The van der Waals surface area contributed by atoms with E-state index in [-0.39, 0.29) is 24.3 Å². The molecule has 0 aliphatic carbocycles. The minimum atomic E-state index is -2.06. The Labute approximate surface area is 629 Å². The molecule has 15 atom stereocenters. The Balaban J connectivity index is 3.12. The zero-order valence-electron chi connectivity index (χ0n) is 61.4. The first-order chi connectivity index (χ1) is 51.6. The van der Waals surface area contributed by atoms with Gasteiger partial charge in [-0.15, -0.1) is 0 Å². The fraction of sp³-hybridized carbons (Fsp3) is 0.609. The Morgan fingerprint density at radius 1 is 0.400 bits per heavy atom. The molecule has 0 aromatic heterocycles. The average Bonchev–Trinajstić information content (AvgIpc) is 0.851. The van der Waals surface area contributed by atoms with Crippen LogP contribution >= 0.6 is 0 Å². The van der Waals surface area contributed by atoms with Crippen LogP contribution in [0.25, 0.3) is 0 Å². The molecule has 0 unspecified atom stereocenters. The summed E-state index contributed by atoms with van der Waals surface area (Å²) >= 11 is 0. The number of carbonyl (C=O) groups is 19. The highest BCUT2D eigenvalue weighted by Crippen LogP contribution is 2.14. The van der Waals surface area contributed by atoms with Gasteiger partial charge in [-0.25, -0.2) is 0 Å². The number of aliphatic hydroxyl groups is 5. The first kappa shape index (κ1) is 96.7. The van der Waals surface area contributed by atoms with E-state index < -0.39 is 281 Å². The van der Waals surface area contributed by atoms with Crippen molar-refractivity contribution in [2.75, 3.05) is 59.2 Å². The third-order valence-corrected chi connectivity index (χ3v) is 15.9. The van der Waals surface area contributed by atoms with Crippen molar-refractivity contribution < 1.29 is 132 Å². The molecule has 0 heterocycles. The molecule has 1 aromatic carbocycles. The van der Waals surface area contributed by atoms with Crippen molar-refractivity contribution in [2.45, 2.75) is 178 Å². The highest BCUT2D eigenvalue weighted by Gasteiger charge is 2.38. The number of phenolic OH excluding ortho intramolecular Hbond substituents is 1. The van der Waals surface area contributed by atoms with Crippen LogP contribution in [-0.2, 0) is 97.5 Å². The molecule has 30 N–H and O–H groups in total. The number of benzene rings is 1. The van der Waals surface area contributed by atoms with Gasteiger partial charge in [0.2, 0.25) is 100 Å². The predicted molar refractivity (Wildman–Crippen MR) is 377 cm³/mol. The summed E-state index contributed by atoms with van der Waals surface area (Å²) in [6.45, 7) is 1.73. The van der Waals surface area contributed by atoms with Crippen LogP contribution < -0.4 is 102 Å². The molecular formula is C64H103N19O27. The fourth-order valence-electron chi connectivity index (χ4n) is 9.43. The normalized spacial score (nSPS) is 15.0. The molecule has 0 fully saturated rings. The van der Waals surface area contributed by atoms with Crippen LogP contribution in [0.4, 0.5) is 0 Å². The Morgan fingerprint density at radius 3 is 1.27 bits per heavy atom. The van der Waals surface area contributed by atoms with Crippen LogP contribution in [0.3, 0.4) is 0 Å². The van der Waals surface area contributed by atoms with Gasteiger partial charge in [0.05, 0.1) is 71.0 Å². The summed E-state index contributed by atoms with van der Waals surface area (Å²) < 4.78 is 0. The molecule has 46 heteroatoms. The molecule has 110 heavy (non-hydrogen) atoms. The number of aliphatic hydroxyl groups excluding tert-OH is 5. The smallest absolute Gasteiger partial charge is 0.322 e. The number of hydrogen-bond donors (Lipinski definition) is 27. The molecule has 0 aliphatic heterocycles. The molecule has 0 saturated carbocycles. The number of carbonyl (C=O) groups excluding carboxylic acids is 17. The van der Waals surface area contributed by atoms with Crippen LogP contribution in [0.5, 0.6) is 5.75 Å². The molecule has 0 radical (unpaired) electrons. The van der Waals surface area contributed by atoms with Crippen molar-refractivity contribution in [3.63, 3.8) is 0 Å². The summed E-state index contributed by atoms with van der Waals surface area (Å²) in [4.78, 5) is 246. The van der Waals surface area contributed by atoms with Crippen LogP contribution in [0, 0.1) is 11.8 Å². The maximum absolute atomic E-state index is 14.0. The van der Waals surface area contributed by atoms with Gasteiger partial charge in [0, 0.05) is 6.42 Å². The number of nitrogens with one attached hydrogen (secondary N) is 16. The van der Waals surface area contributed by atoms with Gasteiger partial charge in [0.1, 0.15) is 84.8 Å². The van der Waals surface area contributed by atoms with Gasteiger partial charge in [-0.1, -0.05) is 46.2 Å². The molecule has 17 amide bonds. The summed E-state index contributed by atoms with van der Waals surface area (Å²) in [6.07, 6.45) is -3.18. The first-order valence-electron chi connectivity index (χ1n) is 34.4. The quantitative estimate of drug-likeness (QED) is 0.0269. The fourth-order valence-corrected chi connectivity index (χ4v) is 9.43. The summed E-state index contributed by atoms with van der Waals surface area (Å²) in [5.74, 6) is -23.8. The summed E-state index contributed by atoms with van der Waals surface area (Å²) in [7, 11) is 0. The number of primary amides is 1. The number of nitrogens with two attached hydrogens (primary N) is 3. The van der Waals surface area contributed by atoms with Crippen LogP contribution in [0.1, 0.15) is 92.6 Å². The second-order valence-corrected chi connectivity index (χ2v) is 25.4. The maximum Gasteiger partial charge on any atom is 0.322 e. The Hall–Kier alpha value is -11.3. The van der Waals surface area contributed by atoms with Gasteiger partial charge in [-0.05, 0) is 76.1 Å². The number of unbranched alkanes of at least 4 members (excludes halogenated alkanes) is 1. The van der Waals surface area contributed by atoms with Crippen LogP contribution in [0.15, 0.2) is 24.3 Å². The van der Waals surface area contributed by atoms with Crippen molar-refractivity contribution in [3.05, 3.63) is 29.8 Å². The lowest BCUT2D eigenvalue weighted by Gasteiger charge is -2.28. The van der Waals surface area contributed by atoms with Crippen molar-refractivity contribution in [3.8, 4) is 5.75 Å². The number of hydrogen-bond acceptors (Lipinski definition) is 27. The summed E-state index contributed by atoms with van der Waals surface area (Å²) in [5, 5.41) is 114. The standard InChI is InChI=1S/C64H103N19O27/c1-8-29(4)50(82-52(98)30(5)66)63(109)77-37(18-43(67)90)57(103)78-39(24-84)55(101)70-21-45(92)68-20-44(91)69-22-46(93)73-40(25-85)60(106)83-51(32(7)88)64(110)80-41(26-86)59(105)76-36(17-33-12-14-34(89)15-13-33)56(102)72-31(6)53(99)75-38(19-47(94)95)58(104)79-42(27-87)61(107)81-49(28(2)3)62(108)74-35(11-9-10-16-65)54(100)71-23-48(96)97/h12-15,28-32,35-42,49-51,84-89H,8-11,16-27,65-66H2,1-7H3,(H2,67,90)(H,68,92)(H,69,91)(H,70,101)(H,71,100)(H,72,102)(H,73,93)(H,74,108)(H,75,99)(H,76,105)(H,77,109)(H,78,103)(H,79,104)(H,80,110)(H,81,107)(H,82,98)(H,83,106)(H,94,95)(H,96,97)/t29-,30-,31-,32+,35-,36-,37-,38-,39-,40-,41-,42-,49-,50-,51-/m0/s1. The average molecular weight is 1570 g/mol. The molecule has 0 saturated heterocycles. The third kappa shape index (κ3) is 35.6. The van der Waals surface area contributed by atoms with Crippen molar-refractivity contribution >= 4 is 112 Å². The lowest BCUT2D eigenvalue weighted by Crippen LogP contribution is -2.62. The zero-order valence-corrected chi connectivity index (χ0v) is 61.4. The summed E-state index contributed by atoms with van der Waals surface area (Å²) in [5.41, 5.74) is 16.7. The van der Waals surface area contributed by atoms with Gasteiger partial charge in [-0.3, -0.25) is 91.1 Å². The van der Waals surface area contributed by atoms with E-state index in [0.717, 1.165) is 13.8 Å². The molecule has 0 bridgehead atoms. The molecule has 616 valence electrons. The number of rotatable bonds is 51. The predicted octanol–water partition coefficient (Wildman–Crippen LogP) is -13.8. The van der Waals surface area contributed by atoms with E-state index in [0.29, 0.717) is 19.3 Å². The van der Waals surface area contributed by atoms with E-state index in [9.17, 15) is 127 Å². The van der Waals surface area contributed by atoms with Crippen LogP contribution in [-0.4, -0.2) is 297 Å². The number of carboxylic acids is 2. The maximum atomic E-state index is 14.0. The molecule has 46 nitrogen and oxygen atoms in total. The largest absolute Gasteiger partial charge is 0.508 e. The van der Waals surface area contributed by atoms with Crippen molar-refractivity contribution in [1.82, 2.24) is 85.1 Å². The first-order valence-corrected chi connectivity index (χ1v) is 34.4. The highest BCUT2D eigenvalue weighted by atomic mass is 16.4. The molecule has 0 spiro atoms. The SMILES string of the molecule is CC[C@H](C)[C@H](NC(=O)[C@H](C)N)C(=O)N[C@@H](CC(N)=O)C(=O)N[C@@H](CO)C(=O)NCC(=O)NCC(=O)NCC(=O)N[C@@H](CO)C(=O)N[C@H](C(=O)N[C@@H](CO)C(=O)N[C@@H](Cc1ccc(O)cc1)C(=O)N[C@@H](C)C(=O)N[C@@H](CC(=O)O)C(=O)N[C@@H](CO)C(=O)N[C@H](C(=O)N[C@@H](CCCCN)C(=O)NCC(=O)O)C(C)C)[C@@H](C)O. The number of amides is 17. The van der Waals surface area contributed by atoms with E-state index in [1.54, 1.807) is 13.8 Å². The van der Waals surface area contributed by atoms with E-state index in [4.69, 9.17) is 22.3 Å². The van der Waals surface area contributed by atoms with Crippen molar-refractivity contribution in [1.29, 1.82) is 0 Å². The minimum absolute atomic E-state index is 0.00676. The molecule has 1 aromatic rings. The lowest BCUT2D eigenvalue weighted by atomic mass is 9.97. The second-order valence-electron chi connectivity index (χ2n) is 25.4. The molecular weight excluding hydrogens is 1470 g/mol. The van der Waals surface area contributed by atoms with Gasteiger partial charge in [-0.2, -0.15) is 0 Å². The second kappa shape index (κ2) is 49.6. The lowest BCUT2D eigenvalue weighted by molar-refractivity contribution is -0.142. The van der Waals surface area contributed by atoms with E-state index in [2.05, 4.69) is 74.4 Å². The number of phenols is 1. The number of aromatic hydroxyl groups is 1. The minimum Gasteiger partial charge on any atom is -0.508 e. The topological polar surface area (TPSA) is 757 Å². The number of carboxylic acid groups (broad SMARTS) is 2. The van der Waals surface area contributed by atoms with Gasteiger partial charge < -0.3 is 143 Å². The van der Waals surface area contributed by atoms with Gasteiger partial charge >= 0.3 is 11.9 Å². The van der Waals surface area contributed by atoms with Gasteiger partial charge in [0.25, 0.3) is 0 Å². The highest BCUT2D eigenvalue weighted by molar-refractivity contribution is 6.01. The zero-order chi connectivity index (χ0) is 83.8. The number of aliphatic carboxylic acids is 2. The monoisotopic (exact) mass is 1570 g/mol. The Bertz CT molecular complexity index is 3380.